The molecule has 2 aromatic heterocycles. The van der Waals surface area contributed by atoms with E-state index in [2.05, 4.69) is 10.2 Å². The summed E-state index contributed by atoms with van der Waals surface area (Å²) in [5.74, 6) is 0.705. The molecule has 1 N–H and O–H groups in total. The van der Waals surface area contributed by atoms with E-state index in [0.29, 0.717) is 15.8 Å². The highest BCUT2D eigenvalue weighted by Crippen LogP contribution is 2.27. The largest absolute Gasteiger partial charge is 0.452 e. The molecule has 0 spiro atoms. The van der Waals surface area contributed by atoms with Gasteiger partial charge in [0, 0.05) is 6.54 Å². The summed E-state index contributed by atoms with van der Waals surface area (Å²) in [6.45, 7) is 2.73. The van der Waals surface area contributed by atoms with Crippen molar-refractivity contribution in [3.8, 4) is 11.4 Å². The van der Waals surface area contributed by atoms with Crippen molar-refractivity contribution >= 4 is 23.8 Å². The quantitative estimate of drug-likeness (QED) is 0.806. The van der Waals surface area contributed by atoms with Gasteiger partial charge in [-0.2, -0.15) is 5.10 Å². The summed E-state index contributed by atoms with van der Waals surface area (Å²) in [5.41, 5.74) is 0.751. The van der Waals surface area contributed by atoms with Crippen molar-refractivity contribution in [1.29, 1.82) is 0 Å². The second-order valence-corrected chi connectivity index (χ2v) is 3.43. The molecule has 0 radical (unpaired) electrons. The molecule has 0 aromatic carbocycles. The fraction of sp³-hybridized carbons (Fsp3) is 0.250. The highest BCUT2D eigenvalue weighted by atomic mass is 35.5. The lowest BCUT2D eigenvalue weighted by Gasteiger charge is -2.00. The molecule has 6 heteroatoms. The monoisotopic (exact) mass is 229 g/mol. The Morgan fingerprint density at radius 3 is 3.07 bits per heavy atom. The normalized spacial score (nSPS) is 10.7. The summed E-state index contributed by atoms with van der Waals surface area (Å²) < 4.78 is 7.43. The van der Waals surface area contributed by atoms with Crippen LogP contribution in [0.5, 0.6) is 0 Å². The first-order valence-electron chi connectivity index (χ1n) is 4.12. The number of halogens is 1. The van der Waals surface area contributed by atoms with Crippen LogP contribution in [0.2, 0.25) is 5.22 Å². The summed E-state index contributed by atoms with van der Waals surface area (Å²) in [7, 11) is 0. The van der Waals surface area contributed by atoms with Crippen LogP contribution in [0.4, 0.5) is 0 Å². The van der Waals surface area contributed by atoms with Crippen molar-refractivity contribution in [3.63, 3.8) is 0 Å². The van der Waals surface area contributed by atoms with Crippen LogP contribution in [0.1, 0.15) is 6.92 Å². The number of rotatable bonds is 2. The molecule has 0 saturated carbocycles. The van der Waals surface area contributed by atoms with Crippen LogP contribution in [-0.4, -0.2) is 14.8 Å². The molecule has 0 saturated heterocycles. The molecule has 2 rings (SSSR count). The van der Waals surface area contributed by atoms with E-state index < -0.39 is 0 Å². The zero-order valence-corrected chi connectivity index (χ0v) is 9.02. The van der Waals surface area contributed by atoms with Crippen molar-refractivity contribution in [2.45, 2.75) is 13.5 Å². The second kappa shape index (κ2) is 3.59. The SMILES string of the molecule is CCn1c(-c2ccoc2Cl)n[nH]c1=S. The zero-order valence-electron chi connectivity index (χ0n) is 7.45. The van der Waals surface area contributed by atoms with Gasteiger partial charge in [0.15, 0.2) is 10.6 Å². The van der Waals surface area contributed by atoms with Crippen molar-refractivity contribution < 1.29 is 4.42 Å². The molecule has 14 heavy (non-hydrogen) atoms. The smallest absolute Gasteiger partial charge is 0.204 e. The minimum atomic E-state index is 0.328. The zero-order chi connectivity index (χ0) is 10.1. The van der Waals surface area contributed by atoms with Crippen LogP contribution in [0.3, 0.4) is 0 Å². The molecule has 4 nitrogen and oxygen atoms in total. The van der Waals surface area contributed by atoms with Gasteiger partial charge in [0.25, 0.3) is 0 Å². The molecular weight excluding hydrogens is 222 g/mol. The first-order chi connectivity index (χ1) is 6.74. The second-order valence-electron chi connectivity index (χ2n) is 2.70. The van der Waals surface area contributed by atoms with E-state index in [1.807, 2.05) is 11.5 Å². The van der Waals surface area contributed by atoms with Gasteiger partial charge in [0.1, 0.15) is 0 Å². The van der Waals surface area contributed by atoms with Crippen LogP contribution < -0.4 is 0 Å². The summed E-state index contributed by atoms with van der Waals surface area (Å²) >= 11 is 10.9. The first kappa shape index (κ1) is 9.48. The Morgan fingerprint density at radius 1 is 1.71 bits per heavy atom. The number of hydrogen-bond donors (Lipinski definition) is 1. The topological polar surface area (TPSA) is 46.8 Å². The standard InChI is InChI=1S/C8H8ClN3OS/c1-2-12-7(10-11-8(12)14)5-3-4-13-6(5)9/h3-4H,2H2,1H3,(H,11,14). The van der Waals surface area contributed by atoms with Crippen LogP contribution in [0.15, 0.2) is 16.7 Å². The average molecular weight is 230 g/mol. The predicted octanol–water partition coefficient (Wildman–Crippen LogP) is 2.87. The summed E-state index contributed by atoms with van der Waals surface area (Å²) in [4.78, 5) is 0. The number of aromatic nitrogens is 3. The Labute approximate surface area is 90.5 Å². The van der Waals surface area contributed by atoms with Crippen LogP contribution in [0, 0.1) is 4.77 Å². The Balaban J connectivity index is 2.63. The van der Waals surface area contributed by atoms with Gasteiger partial charge >= 0.3 is 0 Å². The van der Waals surface area contributed by atoms with Crippen molar-refractivity contribution in [1.82, 2.24) is 14.8 Å². The molecule has 0 aliphatic rings. The molecule has 0 bridgehead atoms. The molecule has 0 unspecified atom stereocenters. The van der Waals surface area contributed by atoms with E-state index in [1.165, 1.54) is 6.26 Å². The Kier molecular flexibility index (Phi) is 2.43. The lowest BCUT2D eigenvalue weighted by Crippen LogP contribution is -1.96. The van der Waals surface area contributed by atoms with Crippen LogP contribution in [0.25, 0.3) is 11.4 Å². The maximum atomic E-state index is 5.84. The predicted molar refractivity (Wildman–Crippen MR) is 55.8 cm³/mol. The van der Waals surface area contributed by atoms with Gasteiger partial charge in [0.2, 0.25) is 5.22 Å². The Bertz CT molecular complexity index is 499. The molecule has 0 aliphatic carbocycles. The minimum absolute atomic E-state index is 0.328. The number of hydrogen-bond acceptors (Lipinski definition) is 3. The minimum Gasteiger partial charge on any atom is -0.452 e. The molecule has 2 heterocycles. The first-order valence-corrected chi connectivity index (χ1v) is 4.91. The van der Waals surface area contributed by atoms with E-state index in [1.54, 1.807) is 6.07 Å². The lowest BCUT2D eigenvalue weighted by atomic mass is 10.3. The highest BCUT2D eigenvalue weighted by Gasteiger charge is 2.12. The van der Waals surface area contributed by atoms with Crippen LogP contribution in [-0.2, 0) is 6.54 Å². The van der Waals surface area contributed by atoms with Gasteiger partial charge in [-0.25, -0.2) is 0 Å². The average Bonchev–Trinajstić information content (AvgIpc) is 2.71. The van der Waals surface area contributed by atoms with Gasteiger partial charge in [-0.05, 0) is 36.8 Å². The fourth-order valence-electron chi connectivity index (χ4n) is 1.27. The van der Waals surface area contributed by atoms with E-state index in [0.717, 1.165) is 12.1 Å². The maximum Gasteiger partial charge on any atom is 0.204 e. The van der Waals surface area contributed by atoms with E-state index in [9.17, 15) is 0 Å². The van der Waals surface area contributed by atoms with Gasteiger partial charge in [-0.3, -0.25) is 5.10 Å². The number of nitrogens with zero attached hydrogens (tertiary/aromatic N) is 2. The van der Waals surface area contributed by atoms with Crippen molar-refractivity contribution in [2.24, 2.45) is 0 Å². The van der Waals surface area contributed by atoms with Gasteiger partial charge in [-0.15, -0.1) is 0 Å². The molecular formula is C8H8ClN3OS. The number of furan rings is 1. The molecule has 0 aliphatic heterocycles. The summed E-state index contributed by atoms with van der Waals surface area (Å²) in [6.07, 6.45) is 1.52. The van der Waals surface area contributed by atoms with E-state index in [-0.39, 0.29) is 0 Å². The van der Waals surface area contributed by atoms with Gasteiger partial charge < -0.3 is 8.98 Å². The lowest BCUT2D eigenvalue weighted by molar-refractivity contribution is 0.569. The van der Waals surface area contributed by atoms with Crippen LogP contribution >= 0.6 is 23.8 Å². The molecule has 0 amide bonds. The number of H-pyrrole nitrogens is 1. The van der Waals surface area contributed by atoms with E-state index >= 15 is 0 Å². The molecule has 74 valence electrons. The van der Waals surface area contributed by atoms with E-state index in [4.69, 9.17) is 28.2 Å². The Morgan fingerprint density at radius 2 is 2.50 bits per heavy atom. The van der Waals surface area contributed by atoms with Crippen molar-refractivity contribution in [3.05, 3.63) is 22.3 Å². The molecule has 0 atom stereocenters. The third-order valence-electron chi connectivity index (χ3n) is 1.93. The third-order valence-corrected chi connectivity index (χ3v) is 2.54. The highest BCUT2D eigenvalue weighted by molar-refractivity contribution is 7.71. The number of nitrogens with one attached hydrogen (secondary N) is 1. The number of aromatic amines is 1. The molecule has 0 fully saturated rings. The van der Waals surface area contributed by atoms with Crippen molar-refractivity contribution in [2.75, 3.05) is 0 Å². The third kappa shape index (κ3) is 1.38. The Hall–Kier alpha value is -1.07. The summed E-state index contributed by atoms with van der Waals surface area (Å²) in [6, 6.07) is 1.76. The summed E-state index contributed by atoms with van der Waals surface area (Å²) in [5, 5.41) is 7.14. The fourth-order valence-corrected chi connectivity index (χ4v) is 1.73. The van der Waals surface area contributed by atoms with Gasteiger partial charge in [0.05, 0.1) is 11.8 Å². The van der Waals surface area contributed by atoms with Gasteiger partial charge in [-0.1, -0.05) is 0 Å². The molecule has 2 aromatic rings. The maximum absolute atomic E-state index is 5.84.